The number of rotatable bonds is 12. The molecule has 14 heteroatoms. The lowest BCUT2D eigenvalue weighted by atomic mass is 9.88. The minimum absolute atomic E-state index is 0.123. The maximum atomic E-state index is 14.6. The molecule has 3 fully saturated rings. The fraction of sp³-hybridized carbons (Fsp3) is 0.484. The zero-order chi connectivity index (χ0) is 31.7. The monoisotopic (exact) mass is 646 g/mol. The summed E-state index contributed by atoms with van der Waals surface area (Å²) in [6, 6.07) is 19.0. The summed E-state index contributed by atoms with van der Waals surface area (Å²) in [6.45, 7) is -1.22. The normalized spacial score (nSPS) is 27.3. The first kappa shape index (κ1) is 32.0. The largest absolute Gasteiger partial charge is 0.477 e. The average Bonchev–Trinajstić information content (AvgIpc) is 3.71. The topological polar surface area (TPSA) is 137 Å². The van der Waals surface area contributed by atoms with E-state index in [0.717, 1.165) is 23.5 Å². The number of nitrogens with zero attached hydrogens (tertiary/aromatic N) is 2. The fourth-order valence-electron chi connectivity index (χ4n) is 6.28. The summed E-state index contributed by atoms with van der Waals surface area (Å²) < 4.78 is 65.7. The van der Waals surface area contributed by atoms with Crippen LogP contribution in [0.15, 0.2) is 82.5 Å². The van der Waals surface area contributed by atoms with E-state index in [2.05, 4.69) is 0 Å². The number of ether oxygens (including phenoxy) is 3. The Kier molecular flexibility index (Phi) is 8.99. The van der Waals surface area contributed by atoms with Gasteiger partial charge in [-0.1, -0.05) is 60.7 Å². The van der Waals surface area contributed by atoms with Crippen LogP contribution in [-0.2, 0) is 52.3 Å². The van der Waals surface area contributed by atoms with Crippen molar-refractivity contribution >= 4 is 7.82 Å². The number of halogens is 1. The third-order valence-electron chi connectivity index (χ3n) is 8.59. The van der Waals surface area contributed by atoms with E-state index in [0.29, 0.717) is 28.5 Å². The molecule has 0 radical (unpaired) electrons. The molecule has 1 aromatic heterocycles. The maximum Gasteiger partial charge on any atom is 0.477 e. The third-order valence-corrected chi connectivity index (χ3v) is 9.91. The first-order valence-corrected chi connectivity index (χ1v) is 16.3. The molecule has 1 N–H and O–H groups in total. The number of hydrogen-bond donors (Lipinski definition) is 1. The van der Waals surface area contributed by atoms with Gasteiger partial charge in [0.25, 0.3) is 5.56 Å². The molecule has 2 saturated heterocycles. The lowest BCUT2D eigenvalue weighted by molar-refractivity contribution is -0.253. The highest BCUT2D eigenvalue weighted by atomic mass is 31.2. The quantitative estimate of drug-likeness (QED) is 0.285. The zero-order valence-corrected chi connectivity index (χ0v) is 25.7. The second-order valence-electron chi connectivity index (χ2n) is 11.7. The van der Waals surface area contributed by atoms with Crippen LogP contribution in [0.1, 0.15) is 50.0 Å². The second-order valence-corrected chi connectivity index (χ2v) is 13.4. The highest BCUT2D eigenvalue weighted by molar-refractivity contribution is 7.48. The van der Waals surface area contributed by atoms with Gasteiger partial charge in [-0.05, 0) is 30.9 Å². The van der Waals surface area contributed by atoms with Gasteiger partial charge in [0.15, 0.2) is 17.6 Å². The number of fused-ring (bicyclic) bond motifs is 1. The number of hydrogen-bond acceptors (Lipinski definition) is 10. The summed E-state index contributed by atoms with van der Waals surface area (Å²) in [4.78, 5) is 26.8. The molecule has 12 nitrogen and oxygen atoms in total. The van der Waals surface area contributed by atoms with Crippen LogP contribution in [-0.4, -0.2) is 50.6 Å². The Morgan fingerprint density at radius 2 is 1.53 bits per heavy atom. The minimum atomic E-state index is -4.34. The van der Waals surface area contributed by atoms with Crippen molar-refractivity contribution in [2.24, 2.45) is 0 Å². The molecule has 2 aliphatic heterocycles. The van der Waals surface area contributed by atoms with E-state index >= 15 is 0 Å². The number of alkyl halides is 1. The van der Waals surface area contributed by atoms with Crippen LogP contribution >= 0.6 is 7.82 Å². The number of phosphoric ester groups is 1. The van der Waals surface area contributed by atoms with Crippen LogP contribution in [0.5, 0.6) is 0 Å². The van der Waals surface area contributed by atoms with Crippen molar-refractivity contribution in [2.45, 2.75) is 81.9 Å². The molecule has 6 rings (SSSR count). The van der Waals surface area contributed by atoms with Gasteiger partial charge in [0.2, 0.25) is 0 Å². The van der Waals surface area contributed by atoms with Crippen molar-refractivity contribution in [1.29, 1.82) is 0 Å². The number of aliphatic hydroxyl groups is 1. The van der Waals surface area contributed by atoms with E-state index in [1.807, 2.05) is 12.1 Å². The molecule has 45 heavy (non-hydrogen) atoms. The molecule has 1 saturated carbocycles. The van der Waals surface area contributed by atoms with Gasteiger partial charge < -0.3 is 19.3 Å². The average molecular weight is 647 g/mol. The minimum Gasteiger partial charge on any atom is -0.393 e. The van der Waals surface area contributed by atoms with Crippen molar-refractivity contribution in [3.8, 4) is 0 Å². The highest BCUT2D eigenvalue weighted by Gasteiger charge is 2.72. The molecule has 0 bridgehead atoms. The molecule has 2 aromatic carbocycles. The van der Waals surface area contributed by atoms with Crippen LogP contribution in [0.3, 0.4) is 0 Å². The summed E-state index contributed by atoms with van der Waals surface area (Å²) >= 11 is 0. The molecule has 3 heterocycles. The Morgan fingerprint density at radius 3 is 2.09 bits per heavy atom. The standard InChI is InChI=1S/C31H36FN2O10P/c1-29-26(42-31(44-29)15-8-9-16-31)30(20-32,21-35)43-27(29)33-17-14-25(36)34(28(33)37)22-41-45(38,39-18-23-10-4-2-5-11-23)40-19-24-12-6-3-7-13-24/h2-7,10-14,17,26-27,35H,8-9,15-16,18-22H2,1H3/t26-,27+,29+,30+/m0/s1. The number of aromatic nitrogens is 2. The molecule has 4 atom stereocenters. The van der Waals surface area contributed by atoms with Gasteiger partial charge in [0.05, 0.1) is 19.8 Å². The Balaban J connectivity index is 1.28. The smallest absolute Gasteiger partial charge is 0.393 e. The first-order valence-electron chi connectivity index (χ1n) is 14.8. The zero-order valence-electron chi connectivity index (χ0n) is 24.8. The van der Waals surface area contributed by atoms with Gasteiger partial charge in [0.1, 0.15) is 25.1 Å². The molecular weight excluding hydrogens is 610 g/mol. The van der Waals surface area contributed by atoms with E-state index in [-0.39, 0.29) is 13.2 Å². The van der Waals surface area contributed by atoms with E-state index in [1.54, 1.807) is 55.5 Å². The Bertz CT molecular complexity index is 1590. The van der Waals surface area contributed by atoms with Crippen LogP contribution in [0, 0.1) is 0 Å². The third kappa shape index (κ3) is 6.11. The lowest BCUT2D eigenvalue weighted by Gasteiger charge is -2.33. The van der Waals surface area contributed by atoms with Crippen molar-refractivity contribution in [3.63, 3.8) is 0 Å². The van der Waals surface area contributed by atoms with Crippen molar-refractivity contribution in [1.82, 2.24) is 9.13 Å². The van der Waals surface area contributed by atoms with Gasteiger partial charge in [-0.2, -0.15) is 0 Å². The molecule has 0 amide bonds. The summed E-state index contributed by atoms with van der Waals surface area (Å²) in [6.07, 6.45) is 1.73. The summed E-state index contributed by atoms with van der Waals surface area (Å²) in [5.74, 6) is -0.989. The lowest BCUT2D eigenvalue weighted by Crippen LogP contribution is -2.51. The second kappa shape index (κ2) is 12.7. The Hall–Kier alpha value is -3.00. The van der Waals surface area contributed by atoms with Crippen molar-refractivity contribution in [2.75, 3.05) is 13.3 Å². The van der Waals surface area contributed by atoms with Gasteiger partial charge >= 0.3 is 13.5 Å². The van der Waals surface area contributed by atoms with Gasteiger partial charge in [-0.3, -0.25) is 22.9 Å². The fourth-order valence-corrected chi connectivity index (χ4v) is 7.37. The molecular formula is C31H36FN2O10P. The molecule has 3 aliphatic rings. The van der Waals surface area contributed by atoms with Gasteiger partial charge in [-0.15, -0.1) is 0 Å². The summed E-state index contributed by atoms with van der Waals surface area (Å²) in [5.41, 5.74) is -3.46. The van der Waals surface area contributed by atoms with E-state index in [4.69, 9.17) is 27.8 Å². The van der Waals surface area contributed by atoms with Crippen LogP contribution in [0.4, 0.5) is 4.39 Å². The van der Waals surface area contributed by atoms with Crippen LogP contribution in [0.2, 0.25) is 0 Å². The molecule has 3 aromatic rings. The number of aliphatic hydroxyl groups excluding tert-OH is 1. The Labute approximate surface area is 258 Å². The number of phosphoric acid groups is 1. The van der Waals surface area contributed by atoms with Gasteiger partial charge in [-0.25, -0.2) is 18.3 Å². The Morgan fingerprint density at radius 1 is 0.933 bits per heavy atom. The predicted octanol–water partition coefficient (Wildman–Crippen LogP) is 4.20. The summed E-state index contributed by atoms with van der Waals surface area (Å²) in [7, 11) is -4.34. The molecule has 1 aliphatic carbocycles. The van der Waals surface area contributed by atoms with E-state index < -0.39 is 68.4 Å². The van der Waals surface area contributed by atoms with Crippen LogP contribution < -0.4 is 11.2 Å². The van der Waals surface area contributed by atoms with Crippen LogP contribution in [0.25, 0.3) is 0 Å². The molecule has 242 valence electrons. The molecule has 0 unspecified atom stereocenters. The van der Waals surface area contributed by atoms with Crippen molar-refractivity contribution in [3.05, 3.63) is 105 Å². The highest BCUT2D eigenvalue weighted by Crippen LogP contribution is 2.58. The molecule has 1 spiro atoms. The maximum absolute atomic E-state index is 14.6. The first-order chi connectivity index (χ1) is 21.6. The van der Waals surface area contributed by atoms with Gasteiger partial charge in [0, 0.05) is 25.1 Å². The van der Waals surface area contributed by atoms with E-state index in [1.165, 1.54) is 6.20 Å². The SMILES string of the molecule is C[C@@]12OC3(CCCC3)O[C@@H]1[C@](CO)(CF)O[C@H]2n1ccc(=O)n(COP(=O)(OCc2ccccc2)OCc2ccccc2)c1=O. The summed E-state index contributed by atoms with van der Waals surface area (Å²) in [5, 5.41) is 10.3. The van der Waals surface area contributed by atoms with Crippen molar-refractivity contribution < 1.29 is 41.8 Å². The van der Waals surface area contributed by atoms with E-state index in [9.17, 15) is 23.7 Å². The number of benzene rings is 2. The predicted molar refractivity (Wildman–Crippen MR) is 158 cm³/mol.